The number of halogens is 1. The van der Waals surface area contributed by atoms with E-state index in [9.17, 15) is 9.18 Å². The van der Waals surface area contributed by atoms with Gasteiger partial charge < -0.3 is 5.32 Å². The zero-order chi connectivity index (χ0) is 14.5. The molecular formula is C17H18FNO. The molecule has 0 saturated heterocycles. The van der Waals surface area contributed by atoms with Gasteiger partial charge >= 0.3 is 0 Å². The molecule has 1 unspecified atom stereocenters. The van der Waals surface area contributed by atoms with E-state index in [0.717, 1.165) is 11.1 Å². The predicted octanol–water partition coefficient (Wildman–Crippen LogP) is 3.67. The van der Waals surface area contributed by atoms with Crippen molar-refractivity contribution >= 4 is 5.91 Å². The highest BCUT2D eigenvalue weighted by atomic mass is 19.1. The third kappa shape index (κ3) is 3.44. The fraction of sp³-hybridized carbons (Fsp3) is 0.235. The maximum Gasteiger partial charge on any atom is 0.251 e. The van der Waals surface area contributed by atoms with Gasteiger partial charge in [0.25, 0.3) is 5.91 Å². The lowest BCUT2D eigenvalue weighted by Crippen LogP contribution is -2.28. The standard InChI is InChI=1S/C17H18FNO/c1-12-5-3-4-6-16(12)17(20)19-11-13(2)14-7-9-15(18)10-8-14/h3-10,13H,11H2,1-2H3,(H,19,20). The lowest BCUT2D eigenvalue weighted by Gasteiger charge is -2.14. The Labute approximate surface area is 118 Å². The number of nitrogens with one attached hydrogen (secondary N) is 1. The minimum absolute atomic E-state index is 0.0722. The molecule has 2 rings (SSSR count). The van der Waals surface area contributed by atoms with Crippen molar-refractivity contribution < 1.29 is 9.18 Å². The molecule has 2 aromatic rings. The number of hydrogen-bond acceptors (Lipinski definition) is 1. The van der Waals surface area contributed by atoms with Crippen molar-refractivity contribution in [3.05, 3.63) is 71.0 Å². The maximum absolute atomic E-state index is 12.9. The van der Waals surface area contributed by atoms with E-state index >= 15 is 0 Å². The summed E-state index contributed by atoms with van der Waals surface area (Å²) in [5.41, 5.74) is 2.66. The highest BCUT2D eigenvalue weighted by Crippen LogP contribution is 2.15. The third-order valence-electron chi connectivity index (χ3n) is 3.40. The van der Waals surface area contributed by atoms with Crippen molar-refractivity contribution in [2.75, 3.05) is 6.54 Å². The minimum atomic E-state index is -0.245. The van der Waals surface area contributed by atoms with Gasteiger partial charge in [-0.25, -0.2) is 4.39 Å². The van der Waals surface area contributed by atoms with Crippen molar-refractivity contribution in [3.63, 3.8) is 0 Å². The average Bonchev–Trinajstić information content (AvgIpc) is 2.45. The smallest absolute Gasteiger partial charge is 0.251 e. The molecule has 0 aliphatic rings. The molecule has 0 spiro atoms. The fourth-order valence-corrected chi connectivity index (χ4v) is 2.08. The van der Waals surface area contributed by atoms with Gasteiger partial charge in [0.2, 0.25) is 0 Å². The molecule has 1 amide bonds. The molecule has 2 aromatic carbocycles. The van der Waals surface area contributed by atoms with Crippen molar-refractivity contribution in [1.82, 2.24) is 5.32 Å². The van der Waals surface area contributed by atoms with E-state index in [1.165, 1.54) is 12.1 Å². The first-order chi connectivity index (χ1) is 9.58. The average molecular weight is 271 g/mol. The third-order valence-corrected chi connectivity index (χ3v) is 3.40. The Morgan fingerprint density at radius 2 is 1.80 bits per heavy atom. The van der Waals surface area contributed by atoms with E-state index in [4.69, 9.17) is 0 Å². The first-order valence-corrected chi connectivity index (χ1v) is 6.67. The number of carbonyl (C=O) groups excluding carboxylic acids is 1. The summed E-state index contributed by atoms with van der Waals surface area (Å²) in [7, 11) is 0. The summed E-state index contributed by atoms with van der Waals surface area (Å²) < 4.78 is 12.9. The van der Waals surface area contributed by atoms with E-state index in [1.54, 1.807) is 12.1 Å². The Kier molecular flexibility index (Phi) is 4.51. The summed E-state index contributed by atoms with van der Waals surface area (Å²) in [6.07, 6.45) is 0. The first-order valence-electron chi connectivity index (χ1n) is 6.67. The summed E-state index contributed by atoms with van der Waals surface area (Å²) in [5.74, 6) is -0.175. The molecule has 0 heterocycles. The zero-order valence-electron chi connectivity index (χ0n) is 11.7. The van der Waals surface area contributed by atoms with Gasteiger partial charge in [-0.2, -0.15) is 0 Å². The molecule has 1 N–H and O–H groups in total. The zero-order valence-corrected chi connectivity index (χ0v) is 11.7. The second-order valence-electron chi connectivity index (χ2n) is 4.98. The van der Waals surface area contributed by atoms with E-state index in [1.807, 2.05) is 38.1 Å². The van der Waals surface area contributed by atoms with Gasteiger partial charge in [0.1, 0.15) is 5.82 Å². The van der Waals surface area contributed by atoms with Crippen LogP contribution in [-0.2, 0) is 0 Å². The van der Waals surface area contributed by atoms with Crippen molar-refractivity contribution in [3.8, 4) is 0 Å². The van der Waals surface area contributed by atoms with Crippen LogP contribution in [0.4, 0.5) is 4.39 Å². The molecule has 0 bridgehead atoms. The Bertz CT molecular complexity index is 592. The van der Waals surface area contributed by atoms with Gasteiger partial charge in [0.15, 0.2) is 0 Å². The first kappa shape index (κ1) is 14.3. The highest BCUT2D eigenvalue weighted by molar-refractivity contribution is 5.95. The normalized spacial score (nSPS) is 11.9. The van der Waals surface area contributed by atoms with Crippen LogP contribution < -0.4 is 5.32 Å². The summed E-state index contributed by atoms with van der Waals surface area (Å²) in [6, 6.07) is 13.9. The molecule has 0 aliphatic heterocycles. The molecule has 0 saturated carbocycles. The van der Waals surface area contributed by atoms with Gasteiger partial charge in [-0.3, -0.25) is 4.79 Å². The second-order valence-corrected chi connectivity index (χ2v) is 4.98. The monoisotopic (exact) mass is 271 g/mol. The van der Waals surface area contributed by atoms with Gasteiger partial charge in [-0.15, -0.1) is 0 Å². The van der Waals surface area contributed by atoms with Crippen LogP contribution in [0.3, 0.4) is 0 Å². The Balaban J connectivity index is 1.97. The van der Waals surface area contributed by atoms with Crippen molar-refractivity contribution in [2.45, 2.75) is 19.8 Å². The molecule has 2 nitrogen and oxygen atoms in total. The molecule has 0 aliphatic carbocycles. The van der Waals surface area contributed by atoms with Gasteiger partial charge in [-0.1, -0.05) is 37.3 Å². The molecule has 20 heavy (non-hydrogen) atoms. The predicted molar refractivity (Wildman–Crippen MR) is 78.3 cm³/mol. The Hall–Kier alpha value is -2.16. The molecule has 3 heteroatoms. The van der Waals surface area contributed by atoms with Crippen LogP contribution in [-0.4, -0.2) is 12.5 Å². The maximum atomic E-state index is 12.9. The van der Waals surface area contributed by atoms with Gasteiger partial charge in [0, 0.05) is 12.1 Å². The lowest BCUT2D eigenvalue weighted by atomic mass is 10.0. The van der Waals surface area contributed by atoms with E-state index in [0.29, 0.717) is 12.1 Å². The van der Waals surface area contributed by atoms with Crippen LogP contribution in [0.5, 0.6) is 0 Å². The van der Waals surface area contributed by atoms with Crippen molar-refractivity contribution in [2.24, 2.45) is 0 Å². The molecule has 0 fully saturated rings. The summed E-state index contributed by atoms with van der Waals surface area (Å²) in [5, 5.41) is 2.92. The topological polar surface area (TPSA) is 29.1 Å². The molecule has 0 aromatic heterocycles. The van der Waals surface area contributed by atoms with E-state index in [2.05, 4.69) is 5.32 Å². The van der Waals surface area contributed by atoms with E-state index in [-0.39, 0.29) is 17.6 Å². The minimum Gasteiger partial charge on any atom is -0.351 e. The number of aryl methyl sites for hydroxylation is 1. The SMILES string of the molecule is Cc1ccccc1C(=O)NCC(C)c1ccc(F)cc1. The molecule has 104 valence electrons. The Morgan fingerprint density at radius 1 is 1.15 bits per heavy atom. The second kappa shape index (κ2) is 6.33. The Morgan fingerprint density at radius 3 is 2.45 bits per heavy atom. The lowest BCUT2D eigenvalue weighted by molar-refractivity contribution is 0.0951. The van der Waals surface area contributed by atoms with Crippen LogP contribution in [0, 0.1) is 12.7 Å². The van der Waals surface area contributed by atoms with Crippen LogP contribution in [0.2, 0.25) is 0 Å². The molecule has 0 radical (unpaired) electrons. The van der Waals surface area contributed by atoms with Crippen LogP contribution in [0.1, 0.15) is 34.3 Å². The number of amides is 1. The quantitative estimate of drug-likeness (QED) is 0.903. The van der Waals surface area contributed by atoms with E-state index < -0.39 is 0 Å². The highest BCUT2D eigenvalue weighted by Gasteiger charge is 2.11. The summed E-state index contributed by atoms with van der Waals surface area (Å²) in [6.45, 7) is 4.45. The van der Waals surface area contributed by atoms with Crippen LogP contribution in [0.15, 0.2) is 48.5 Å². The number of rotatable bonds is 4. The van der Waals surface area contributed by atoms with Gasteiger partial charge in [-0.05, 0) is 42.2 Å². The number of hydrogen-bond donors (Lipinski definition) is 1. The summed E-state index contributed by atoms with van der Waals surface area (Å²) >= 11 is 0. The van der Waals surface area contributed by atoms with Gasteiger partial charge in [0.05, 0.1) is 0 Å². The van der Waals surface area contributed by atoms with Crippen molar-refractivity contribution in [1.29, 1.82) is 0 Å². The summed E-state index contributed by atoms with van der Waals surface area (Å²) in [4.78, 5) is 12.1. The molecular weight excluding hydrogens is 253 g/mol. The number of carbonyl (C=O) groups is 1. The number of benzene rings is 2. The van der Waals surface area contributed by atoms with Crippen LogP contribution in [0.25, 0.3) is 0 Å². The largest absolute Gasteiger partial charge is 0.351 e. The van der Waals surface area contributed by atoms with Crippen LogP contribution >= 0.6 is 0 Å². The molecule has 1 atom stereocenters. The fourth-order valence-electron chi connectivity index (χ4n) is 2.08.